The van der Waals surface area contributed by atoms with Crippen molar-refractivity contribution in [2.24, 2.45) is 0 Å². The largest absolute Gasteiger partial charge is 0.494 e. The third kappa shape index (κ3) is 5.37. The molecule has 0 fully saturated rings. The van der Waals surface area contributed by atoms with Gasteiger partial charge in [0.2, 0.25) is 0 Å². The van der Waals surface area contributed by atoms with Crippen molar-refractivity contribution in [3.05, 3.63) is 77.6 Å². The zero-order valence-corrected chi connectivity index (χ0v) is 20.2. The van der Waals surface area contributed by atoms with Crippen LogP contribution in [0.2, 0.25) is 0 Å². The number of amides is 2. The predicted molar refractivity (Wildman–Crippen MR) is 133 cm³/mol. The van der Waals surface area contributed by atoms with Gasteiger partial charge in [0.1, 0.15) is 5.75 Å². The van der Waals surface area contributed by atoms with Gasteiger partial charge in [-0.1, -0.05) is 31.5 Å². The van der Waals surface area contributed by atoms with Gasteiger partial charge in [-0.25, -0.2) is 14.3 Å². The lowest BCUT2D eigenvalue weighted by molar-refractivity contribution is -0.139. The molecule has 1 atom stereocenters. The zero-order chi connectivity index (χ0) is 24.8. The summed E-state index contributed by atoms with van der Waals surface area (Å²) in [6.45, 7) is 6.46. The van der Waals surface area contributed by atoms with Gasteiger partial charge >= 0.3 is 12.0 Å². The average Bonchev–Trinajstić information content (AvgIpc) is 3.30. The summed E-state index contributed by atoms with van der Waals surface area (Å²) in [6, 6.07) is 16.3. The molecular weight excluding hydrogens is 444 g/mol. The number of carbonyl (C=O) groups is 2. The predicted octanol–water partition coefficient (Wildman–Crippen LogP) is 4.91. The number of nitrogens with zero attached hydrogens (tertiary/aromatic N) is 2. The number of benzene rings is 2. The van der Waals surface area contributed by atoms with Gasteiger partial charge in [0.05, 0.1) is 36.2 Å². The first kappa shape index (κ1) is 24.1. The van der Waals surface area contributed by atoms with E-state index in [1.807, 2.05) is 60.8 Å². The minimum Gasteiger partial charge on any atom is -0.494 e. The Balaban J connectivity index is 1.80. The van der Waals surface area contributed by atoms with Gasteiger partial charge in [0.25, 0.3) is 0 Å². The summed E-state index contributed by atoms with van der Waals surface area (Å²) < 4.78 is 12.9. The smallest absolute Gasteiger partial charge is 0.338 e. The molecule has 0 aliphatic carbocycles. The van der Waals surface area contributed by atoms with E-state index >= 15 is 0 Å². The molecule has 8 nitrogen and oxygen atoms in total. The number of carbonyl (C=O) groups excluding carboxylic acids is 2. The summed E-state index contributed by atoms with van der Waals surface area (Å²) >= 11 is 0. The molecule has 0 spiro atoms. The fraction of sp³-hybridized carbons (Fsp3) is 0.296. The molecule has 2 heterocycles. The summed E-state index contributed by atoms with van der Waals surface area (Å²) in [4.78, 5) is 25.3. The molecular formula is C27H30N4O4. The van der Waals surface area contributed by atoms with Gasteiger partial charge in [-0.2, -0.15) is 5.10 Å². The van der Waals surface area contributed by atoms with Gasteiger partial charge in [0, 0.05) is 23.0 Å². The summed E-state index contributed by atoms with van der Waals surface area (Å²) in [5, 5.41) is 10.4. The van der Waals surface area contributed by atoms with Crippen LogP contribution in [0.1, 0.15) is 45.2 Å². The lowest BCUT2D eigenvalue weighted by Crippen LogP contribution is -2.45. The number of ether oxygens (including phenoxy) is 2. The van der Waals surface area contributed by atoms with Crippen molar-refractivity contribution < 1.29 is 19.1 Å². The first-order valence-electron chi connectivity index (χ1n) is 11.9. The van der Waals surface area contributed by atoms with E-state index < -0.39 is 18.0 Å². The maximum absolute atomic E-state index is 12.9. The Bertz CT molecular complexity index is 1220. The molecule has 1 aromatic heterocycles. The van der Waals surface area contributed by atoms with E-state index in [-0.39, 0.29) is 6.61 Å². The number of allylic oxidation sites excluding steroid dienone is 1. The lowest BCUT2D eigenvalue weighted by Gasteiger charge is -2.27. The fourth-order valence-electron chi connectivity index (χ4n) is 3.99. The topological polar surface area (TPSA) is 94.5 Å². The van der Waals surface area contributed by atoms with E-state index in [0.717, 1.165) is 29.8 Å². The quantitative estimate of drug-likeness (QED) is 0.339. The average molecular weight is 475 g/mol. The van der Waals surface area contributed by atoms with Crippen molar-refractivity contribution in [3.63, 3.8) is 0 Å². The lowest BCUT2D eigenvalue weighted by atomic mass is 9.94. The Morgan fingerprint density at radius 3 is 2.51 bits per heavy atom. The molecule has 182 valence electrons. The number of hydrogen-bond acceptors (Lipinski definition) is 5. The number of urea groups is 1. The summed E-state index contributed by atoms with van der Waals surface area (Å²) in [5.74, 6) is 0.296. The molecule has 0 radical (unpaired) electrons. The summed E-state index contributed by atoms with van der Waals surface area (Å²) in [6.07, 6.45) is 3.90. The maximum atomic E-state index is 12.9. The highest BCUT2D eigenvalue weighted by Crippen LogP contribution is 2.35. The van der Waals surface area contributed by atoms with E-state index in [4.69, 9.17) is 14.6 Å². The molecule has 1 aliphatic heterocycles. The SMILES string of the molecule is CCCCOc1ccc(-c2nn(-c3ccccc3)cc2[C@@H]2NC(=O)NC(C)=C2C(=O)OCC)cc1. The maximum Gasteiger partial charge on any atom is 0.338 e. The van der Waals surface area contributed by atoms with Crippen LogP contribution in [0.4, 0.5) is 4.79 Å². The van der Waals surface area contributed by atoms with E-state index in [9.17, 15) is 9.59 Å². The van der Waals surface area contributed by atoms with Crippen LogP contribution in [0.15, 0.2) is 72.1 Å². The van der Waals surface area contributed by atoms with E-state index in [2.05, 4.69) is 17.6 Å². The third-order valence-corrected chi connectivity index (χ3v) is 5.73. The van der Waals surface area contributed by atoms with Gasteiger partial charge in [-0.3, -0.25) is 0 Å². The molecule has 0 saturated heterocycles. The molecule has 0 saturated carbocycles. The first-order chi connectivity index (χ1) is 17.0. The molecule has 1 aliphatic rings. The van der Waals surface area contributed by atoms with Crippen LogP contribution in [-0.2, 0) is 9.53 Å². The standard InChI is InChI=1S/C27H30N4O4/c1-4-6-16-35-21-14-12-19(13-15-21)24-22(17-31(30-24)20-10-8-7-9-11-20)25-23(26(32)34-5-2)18(3)28-27(33)29-25/h7-15,17,25H,4-6,16H2,1-3H3,(H2,28,29,33)/t25-/m0/s1. The zero-order valence-electron chi connectivity index (χ0n) is 20.2. The van der Waals surface area contributed by atoms with Crippen molar-refractivity contribution in [1.29, 1.82) is 0 Å². The number of hydrogen-bond donors (Lipinski definition) is 2. The molecule has 35 heavy (non-hydrogen) atoms. The normalized spacial score (nSPS) is 15.4. The van der Waals surface area contributed by atoms with Crippen molar-refractivity contribution in [3.8, 4) is 22.7 Å². The number of para-hydroxylation sites is 1. The second kappa shape index (κ2) is 10.9. The van der Waals surface area contributed by atoms with Crippen molar-refractivity contribution >= 4 is 12.0 Å². The van der Waals surface area contributed by atoms with Crippen LogP contribution in [0, 0.1) is 0 Å². The monoisotopic (exact) mass is 474 g/mol. The van der Waals surface area contributed by atoms with Crippen LogP contribution >= 0.6 is 0 Å². The Hall–Kier alpha value is -4.07. The molecule has 3 aromatic rings. The summed E-state index contributed by atoms with van der Waals surface area (Å²) in [7, 11) is 0. The molecule has 2 amide bonds. The van der Waals surface area contributed by atoms with Gasteiger partial charge in [-0.05, 0) is 56.7 Å². The molecule has 8 heteroatoms. The highest BCUT2D eigenvalue weighted by atomic mass is 16.5. The van der Waals surface area contributed by atoms with Gasteiger partial charge < -0.3 is 20.1 Å². The van der Waals surface area contributed by atoms with Crippen molar-refractivity contribution in [2.45, 2.75) is 39.7 Å². The Labute approximate surface area is 204 Å². The number of esters is 1. The van der Waals surface area contributed by atoms with Gasteiger partial charge in [0.15, 0.2) is 0 Å². The van der Waals surface area contributed by atoms with Crippen LogP contribution in [0.5, 0.6) is 5.75 Å². The first-order valence-corrected chi connectivity index (χ1v) is 11.9. The van der Waals surface area contributed by atoms with Crippen LogP contribution in [-0.4, -0.2) is 35.0 Å². The highest BCUT2D eigenvalue weighted by Gasteiger charge is 2.35. The van der Waals surface area contributed by atoms with E-state index in [0.29, 0.717) is 29.1 Å². The number of rotatable bonds is 9. The number of aromatic nitrogens is 2. The molecule has 2 aromatic carbocycles. The van der Waals surface area contributed by atoms with Gasteiger partial charge in [-0.15, -0.1) is 0 Å². The highest BCUT2D eigenvalue weighted by molar-refractivity contribution is 5.95. The minimum absolute atomic E-state index is 0.228. The second-order valence-electron chi connectivity index (χ2n) is 8.23. The van der Waals surface area contributed by atoms with E-state index in [1.54, 1.807) is 18.5 Å². The summed E-state index contributed by atoms with van der Waals surface area (Å²) in [5.41, 5.74) is 3.83. The fourth-order valence-corrected chi connectivity index (χ4v) is 3.99. The second-order valence-corrected chi connectivity index (χ2v) is 8.23. The molecule has 0 bridgehead atoms. The molecule has 2 N–H and O–H groups in total. The Kier molecular flexibility index (Phi) is 7.50. The minimum atomic E-state index is -0.726. The molecule has 0 unspecified atom stereocenters. The van der Waals surface area contributed by atoms with Crippen LogP contribution in [0.25, 0.3) is 16.9 Å². The number of nitrogens with one attached hydrogen (secondary N) is 2. The van der Waals surface area contributed by atoms with Crippen molar-refractivity contribution in [1.82, 2.24) is 20.4 Å². The van der Waals surface area contributed by atoms with Crippen molar-refractivity contribution in [2.75, 3.05) is 13.2 Å². The number of unbranched alkanes of at least 4 members (excludes halogenated alkanes) is 1. The molecule has 4 rings (SSSR count). The van der Waals surface area contributed by atoms with E-state index in [1.165, 1.54) is 0 Å². The van der Waals surface area contributed by atoms with Crippen LogP contribution < -0.4 is 15.4 Å². The Morgan fingerprint density at radius 1 is 1.09 bits per heavy atom. The van der Waals surface area contributed by atoms with Crippen LogP contribution in [0.3, 0.4) is 0 Å². The Morgan fingerprint density at radius 2 is 1.83 bits per heavy atom. The third-order valence-electron chi connectivity index (χ3n) is 5.73.